The van der Waals surface area contributed by atoms with Crippen molar-refractivity contribution in [2.24, 2.45) is 0 Å². The van der Waals surface area contributed by atoms with Gasteiger partial charge in [-0.1, -0.05) is 89.7 Å². The maximum atomic E-state index is 13.1. The highest BCUT2D eigenvalue weighted by Gasteiger charge is 2.13. The Balaban J connectivity index is 1.46. The second kappa shape index (κ2) is 8.77. The van der Waals surface area contributed by atoms with Crippen LogP contribution in [0.15, 0.2) is 83.7 Å². The molecule has 0 atom stereocenters. The number of benzene rings is 3. The molecule has 32 heavy (non-hydrogen) atoms. The first kappa shape index (κ1) is 20.2. The standard InChI is InChI=1S/C26H21N3O2S/c1-18-11-13-20(14-12-18)17-31-22-10-6-5-9-21(22)16-23-25(30)29-24(27-28-26(29)32-23)15-19-7-3-2-4-8-19/h2-14,16H,15,17H2,1H3. The number of hydrogen-bond donors (Lipinski definition) is 0. The Bertz CT molecular complexity index is 1470. The third-order valence-corrected chi connectivity index (χ3v) is 6.20. The number of nitrogens with zero attached hydrogens (tertiary/aromatic N) is 3. The molecule has 2 aromatic heterocycles. The number of hydrogen-bond acceptors (Lipinski definition) is 5. The molecule has 5 rings (SSSR count). The maximum absolute atomic E-state index is 13.1. The molecule has 0 aliphatic rings. The van der Waals surface area contributed by atoms with Gasteiger partial charge in [-0.2, -0.15) is 0 Å². The fraction of sp³-hybridized carbons (Fsp3) is 0.115. The lowest BCUT2D eigenvalue weighted by atomic mass is 10.1. The molecule has 0 N–H and O–H groups in total. The SMILES string of the molecule is Cc1ccc(COc2ccccc2C=c2sc3nnc(Cc4ccccc4)n3c2=O)cc1. The number of ether oxygens (including phenoxy) is 1. The maximum Gasteiger partial charge on any atom is 0.275 e. The lowest BCUT2D eigenvalue weighted by molar-refractivity contribution is 0.305. The summed E-state index contributed by atoms with van der Waals surface area (Å²) in [5.74, 6) is 1.39. The molecule has 2 heterocycles. The molecule has 0 aliphatic carbocycles. The molecular weight excluding hydrogens is 418 g/mol. The first-order valence-electron chi connectivity index (χ1n) is 10.4. The summed E-state index contributed by atoms with van der Waals surface area (Å²) in [5.41, 5.74) is 4.16. The number of aromatic nitrogens is 3. The first-order valence-corrected chi connectivity index (χ1v) is 11.2. The summed E-state index contributed by atoms with van der Waals surface area (Å²) in [6.07, 6.45) is 2.43. The van der Waals surface area contributed by atoms with Crippen LogP contribution in [0.5, 0.6) is 5.75 Å². The minimum absolute atomic E-state index is 0.103. The van der Waals surface area contributed by atoms with E-state index in [4.69, 9.17) is 4.74 Å². The minimum Gasteiger partial charge on any atom is -0.488 e. The van der Waals surface area contributed by atoms with Gasteiger partial charge in [0.15, 0.2) is 0 Å². The van der Waals surface area contributed by atoms with E-state index in [1.807, 2.05) is 60.7 Å². The number of thiazole rings is 1. The highest BCUT2D eigenvalue weighted by molar-refractivity contribution is 7.15. The summed E-state index contributed by atoms with van der Waals surface area (Å²) >= 11 is 1.34. The van der Waals surface area contributed by atoms with E-state index in [2.05, 4.69) is 41.4 Å². The predicted octanol–water partition coefficient (Wildman–Crippen LogP) is 4.18. The van der Waals surface area contributed by atoms with Crippen LogP contribution in [-0.4, -0.2) is 14.6 Å². The second-order valence-corrected chi connectivity index (χ2v) is 8.63. The average Bonchev–Trinajstić information content (AvgIpc) is 3.35. The second-order valence-electron chi connectivity index (χ2n) is 7.62. The lowest BCUT2D eigenvalue weighted by Crippen LogP contribution is -2.24. The van der Waals surface area contributed by atoms with Crippen molar-refractivity contribution in [3.63, 3.8) is 0 Å². The van der Waals surface area contributed by atoms with Crippen molar-refractivity contribution in [2.45, 2.75) is 20.0 Å². The molecule has 0 fully saturated rings. The highest BCUT2D eigenvalue weighted by atomic mass is 32.1. The van der Waals surface area contributed by atoms with Gasteiger partial charge in [0.2, 0.25) is 4.96 Å². The summed E-state index contributed by atoms with van der Waals surface area (Å²) in [7, 11) is 0. The molecule has 3 aromatic carbocycles. The average molecular weight is 440 g/mol. The van der Waals surface area contributed by atoms with Gasteiger partial charge in [0.25, 0.3) is 5.56 Å². The molecule has 0 saturated carbocycles. The number of aryl methyl sites for hydroxylation is 1. The fourth-order valence-corrected chi connectivity index (χ4v) is 4.45. The Kier molecular flexibility index (Phi) is 5.52. The summed E-state index contributed by atoms with van der Waals surface area (Å²) in [6, 6.07) is 26.0. The van der Waals surface area contributed by atoms with Crippen LogP contribution < -0.4 is 14.8 Å². The van der Waals surface area contributed by atoms with Gasteiger partial charge in [-0.05, 0) is 30.2 Å². The zero-order chi connectivity index (χ0) is 21.9. The Hall–Kier alpha value is -3.77. The normalized spacial score (nSPS) is 11.8. The smallest absolute Gasteiger partial charge is 0.275 e. The summed E-state index contributed by atoms with van der Waals surface area (Å²) < 4.78 is 8.29. The van der Waals surface area contributed by atoms with E-state index in [0.717, 1.165) is 22.4 Å². The molecule has 0 bridgehead atoms. The summed E-state index contributed by atoms with van der Waals surface area (Å²) in [6.45, 7) is 2.53. The van der Waals surface area contributed by atoms with E-state index in [1.165, 1.54) is 16.9 Å². The topological polar surface area (TPSA) is 56.5 Å². The lowest BCUT2D eigenvalue weighted by Gasteiger charge is -2.09. The van der Waals surface area contributed by atoms with E-state index < -0.39 is 0 Å². The van der Waals surface area contributed by atoms with Gasteiger partial charge in [0.05, 0.1) is 4.53 Å². The van der Waals surface area contributed by atoms with Crippen molar-refractivity contribution in [3.05, 3.63) is 122 Å². The summed E-state index contributed by atoms with van der Waals surface area (Å²) in [5, 5.41) is 8.45. The molecule has 5 aromatic rings. The Morgan fingerprint density at radius 1 is 0.906 bits per heavy atom. The van der Waals surface area contributed by atoms with Crippen molar-refractivity contribution in [1.82, 2.24) is 14.6 Å². The molecule has 0 aliphatic heterocycles. The zero-order valence-corrected chi connectivity index (χ0v) is 18.4. The number of fused-ring (bicyclic) bond motifs is 1. The van der Waals surface area contributed by atoms with Crippen molar-refractivity contribution in [1.29, 1.82) is 0 Å². The van der Waals surface area contributed by atoms with Gasteiger partial charge in [-0.25, -0.2) is 4.40 Å². The molecule has 0 saturated heterocycles. The van der Waals surface area contributed by atoms with Gasteiger partial charge in [-0.3, -0.25) is 4.79 Å². The molecule has 0 unspecified atom stereocenters. The van der Waals surface area contributed by atoms with Gasteiger partial charge in [0, 0.05) is 12.0 Å². The van der Waals surface area contributed by atoms with Gasteiger partial charge >= 0.3 is 0 Å². The first-order chi connectivity index (χ1) is 15.7. The Morgan fingerprint density at radius 2 is 1.66 bits per heavy atom. The van der Waals surface area contributed by atoms with E-state index in [-0.39, 0.29) is 5.56 Å². The third kappa shape index (κ3) is 4.18. The highest BCUT2D eigenvalue weighted by Crippen LogP contribution is 2.20. The Labute approximate surface area is 189 Å². The molecular formula is C26H21N3O2S. The third-order valence-electron chi connectivity index (χ3n) is 5.24. The molecule has 0 amide bonds. The molecule has 0 radical (unpaired) electrons. The molecule has 6 heteroatoms. The monoisotopic (exact) mass is 439 g/mol. The van der Waals surface area contributed by atoms with Crippen LogP contribution in [-0.2, 0) is 13.0 Å². The zero-order valence-electron chi connectivity index (χ0n) is 17.6. The van der Waals surface area contributed by atoms with Crippen LogP contribution in [0.25, 0.3) is 11.0 Å². The van der Waals surface area contributed by atoms with Crippen LogP contribution in [0.3, 0.4) is 0 Å². The van der Waals surface area contributed by atoms with E-state index in [9.17, 15) is 4.79 Å². The van der Waals surface area contributed by atoms with Crippen molar-refractivity contribution < 1.29 is 4.74 Å². The van der Waals surface area contributed by atoms with Gasteiger partial charge in [-0.15, -0.1) is 10.2 Å². The van der Waals surface area contributed by atoms with Gasteiger partial charge < -0.3 is 4.74 Å². The van der Waals surface area contributed by atoms with Crippen LogP contribution in [0, 0.1) is 6.92 Å². The van der Waals surface area contributed by atoms with Crippen LogP contribution in [0.1, 0.15) is 28.1 Å². The fourth-order valence-electron chi connectivity index (χ4n) is 3.52. The van der Waals surface area contributed by atoms with Crippen LogP contribution in [0.4, 0.5) is 0 Å². The number of para-hydroxylation sites is 1. The largest absolute Gasteiger partial charge is 0.488 e. The van der Waals surface area contributed by atoms with E-state index >= 15 is 0 Å². The number of rotatable bonds is 6. The van der Waals surface area contributed by atoms with E-state index in [1.54, 1.807) is 4.40 Å². The van der Waals surface area contributed by atoms with Gasteiger partial charge in [0.1, 0.15) is 18.2 Å². The van der Waals surface area contributed by atoms with Crippen molar-refractivity contribution >= 4 is 22.4 Å². The quantitative estimate of drug-likeness (QED) is 0.398. The summed E-state index contributed by atoms with van der Waals surface area (Å²) in [4.78, 5) is 13.8. The van der Waals surface area contributed by atoms with Crippen molar-refractivity contribution in [3.8, 4) is 5.75 Å². The van der Waals surface area contributed by atoms with Crippen LogP contribution in [0.2, 0.25) is 0 Å². The molecule has 0 spiro atoms. The van der Waals surface area contributed by atoms with Crippen LogP contribution >= 0.6 is 11.3 Å². The molecule has 5 nitrogen and oxygen atoms in total. The minimum atomic E-state index is -0.103. The molecule has 158 valence electrons. The van der Waals surface area contributed by atoms with Crippen molar-refractivity contribution in [2.75, 3.05) is 0 Å². The Morgan fingerprint density at radius 3 is 2.47 bits per heavy atom. The van der Waals surface area contributed by atoms with E-state index in [0.29, 0.717) is 28.3 Å². The predicted molar refractivity (Wildman–Crippen MR) is 127 cm³/mol.